The molecule has 1 aliphatic rings. The van der Waals surface area contributed by atoms with Crippen molar-refractivity contribution < 1.29 is 51.7 Å². The molecule has 3 rings (SSSR count). The summed E-state index contributed by atoms with van der Waals surface area (Å²) >= 11 is 0. The Morgan fingerprint density at radius 3 is 2.30 bits per heavy atom. The van der Waals surface area contributed by atoms with Crippen LogP contribution in [0.25, 0.3) is 0 Å². The SMILES string of the molecule is C=CCN.Cc1c(O)cccc1C(=O)N[C@@H](Cc1cccc(C(F)(F)F)c1)[C@H](O)C(=O)N1CC(F)(F)C(C)(C)C1C(=O)O. The molecule has 14 heteroatoms. The lowest BCUT2D eigenvalue weighted by atomic mass is 9.81. The number of nitrogens with zero attached hydrogens (tertiary/aromatic N) is 1. The average Bonchev–Trinajstić information content (AvgIpc) is 3.12. The van der Waals surface area contributed by atoms with Gasteiger partial charge in [0, 0.05) is 17.7 Å². The molecule has 1 unspecified atom stereocenters. The number of amides is 2. The van der Waals surface area contributed by atoms with E-state index in [9.17, 15) is 51.7 Å². The number of aliphatic carboxylic acids is 1. The van der Waals surface area contributed by atoms with Crippen LogP contribution in [0.3, 0.4) is 0 Å². The van der Waals surface area contributed by atoms with Crippen LogP contribution in [-0.2, 0) is 22.2 Å². The van der Waals surface area contributed by atoms with Crippen LogP contribution >= 0.6 is 0 Å². The second-order valence-electron chi connectivity index (χ2n) is 10.5. The smallest absolute Gasteiger partial charge is 0.416 e. The van der Waals surface area contributed by atoms with Crippen LogP contribution < -0.4 is 11.1 Å². The Kier molecular flexibility index (Phi) is 11.0. The van der Waals surface area contributed by atoms with Gasteiger partial charge in [0.15, 0.2) is 6.10 Å². The van der Waals surface area contributed by atoms with Crippen molar-refractivity contribution in [3.05, 3.63) is 77.4 Å². The topological polar surface area (TPSA) is 153 Å². The largest absolute Gasteiger partial charge is 0.508 e. The van der Waals surface area contributed by atoms with Crippen molar-refractivity contribution in [1.29, 1.82) is 0 Å². The monoisotopic (exact) mass is 615 g/mol. The number of hydrogen-bond acceptors (Lipinski definition) is 6. The van der Waals surface area contributed by atoms with Crippen molar-refractivity contribution in [2.24, 2.45) is 11.1 Å². The first-order valence-corrected chi connectivity index (χ1v) is 13.0. The zero-order chi connectivity index (χ0) is 32.9. The van der Waals surface area contributed by atoms with Crippen molar-refractivity contribution >= 4 is 17.8 Å². The first-order valence-electron chi connectivity index (χ1n) is 13.0. The number of aliphatic hydroxyl groups is 1. The van der Waals surface area contributed by atoms with Gasteiger partial charge in [0.1, 0.15) is 11.8 Å². The number of aromatic hydroxyl groups is 1. The number of alkyl halides is 5. The number of hydrogen-bond donors (Lipinski definition) is 5. The molecule has 2 aromatic rings. The summed E-state index contributed by atoms with van der Waals surface area (Å²) in [5, 5.41) is 32.8. The Balaban J connectivity index is 0.00000151. The number of halogens is 5. The van der Waals surface area contributed by atoms with Crippen molar-refractivity contribution in [3.63, 3.8) is 0 Å². The van der Waals surface area contributed by atoms with Gasteiger partial charge in [-0.2, -0.15) is 13.2 Å². The van der Waals surface area contributed by atoms with E-state index < -0.39 is 72.0 Å². The van der Waals surface area contributed by atoms with Gasteiger partial charge >= 0.3 is 12.1 Å². The molecular weight excluding hydrogens is 581 g/mol. The lowest BCUT2D eigenvalue weighted by Crippen LogP contribution is -2.56. The Morgan fingerprint density at radius 2 is 1.77 bits per heavy atom. The van der Waals surface area contributed by atoms with Crippen LogP contribution in [0.2, 0.25) is 0 Å². The summed E-state index contributed by atoms with van der Waals surface area (Å²) < 4.78 is 69.1. The molecule has 0 aliphatic carbocycles. The summed E-state index contributed by atoms with van der Waals surface area (Å²) in [6.45, 7) is 5.92. The minimum absolute atomic E-state index is 0.0588. The molecule has 236 valence electrons. The van der Waals surface area contributed by atoms with Crippen LogP contribution in [0.15, 0.2) is 55.1 Å². The number of carboxylic acid groups (broad SMARTS) is 1. The minimum atomic E-state index is -4.72. The van der Waals surface area contributed by atoms with Crippen LogP contribution in [-0.4, -0.2) is 75.2 Å². The number of phenolic OH excluding ortho intramolecular Hbond substituents is 1. The van der Waals surface area contributed by atoms with Gasteiger partial charge in [-0.1, -0.05) is 44.2 Å². The third-order valence-corrected chi connectivity index (χ3v) is 7.20. The van der Waals surface area contributed by atoms with Crippen molar-refractivity contribution in [1.82, 2.24) is 10.2 Å². The number of carboxylic acids is 1. The first kappa shape index (κ1) is 35.2. The van der Waals surface area contributed by atoms with Gasteiger partial charge in [-0.25, -0.2) is 13.6 Å². The van der Waals surface area contributed by atoms with Crippen LogP contribution in [0.1, 0.15) is 40.9 Å². The zero-order valence-electron chi connectivity index (χ0n) is 23.7. The van der Waals surface area contributed by atoms with Gasteiger partial charge in [0.05, 0.1) is 23.6 Å². The molecule has 1 aliphatic heterocycles. The lowest BCUT2D eigenvalue weighted by molar-refractivity contribution is -0.156. The molecule has 3 atom stereocenters. The third kappa shape index (κ3) is 7.87. The van der Waals surface area contributed by atoms with Gasteiger partial charge < -0.3 is 31.3 Å². The summed E-state index contributed by atoms with van der Waals surface area (Å²) in [5.41, 5.74) is 1.64. The van der Waals surface area contributed by atoms with Gasteiger partial charge in [-0.3, -0.25) is 9.59 Å². The Bertz CT molecular complexity index is 1350. The van der Waals surface area contributed by atoms with E-state index in [1.165, 1.54) is 31.2 Å². The predicted octanol–water partition coefficient (Wildman–Crippen LogP) is 3.51. The maximum Gasteiger partial charge on any atom is 0.416 e. The molecule has 1 fully saturated rings. The highest BCUT2D eigenvalue weighted by Gasteiger charge is 2.65. The summed E-state index contributed by atoms with van der Waals surface area (Å²) in [7, 11) is 0. The zero-order valence-corrected chi connectivity index (χ0v) is 23.7. The fourth-order valence-corrected chi connectivity index (χ4v) is 4.57. The number of carbonyl (C=O) groups excluding carboxylic acids is 2. The quantitative estimate of drug-likeness (QED) is 0.225. The van der Waals surface area contributed by atoms with E-state index in [-0.39, 0.29) is 22.4 Å². The van der Waals surface area contributed by atoms with E-state index in [0.717, 1.165) is 32.0 Å². The van der Waals surface area contributed by atoms with Crippen molar-refractivity contribution in [2.75, 3.05) is 13.1 Å². The molecule has 43 heavy (non-hydrogen) atoms. The van der Waals surface area contributed by atoms with E-state index in [4.69, 9.17) is 5.73 Å². The number of rotatable bonds is 8. The normalized spacial score (nSPS) is 18.6. The first-order chi connectivity index (χ1) is 19.8. The number of likely N-dealkylation sites (tertiary alicyclic amines) is 1. The molecule has 0 bridgehead atoms. The third-order valence-electron chi connectivity index (χ3n) is 7.20. The van der Waals surface area contributed by atoms with Crippen LogP contribution in [0.5, 0.6) is 5.75 Å². The second-order valence-corrected chi connectivity index (χ2v) is 10.5. The molecule has 2 amide bonds. The number of benzene rings is 2. The molecule has 0 aromatic heterocycles. The summed E-state index contributed by atoms with van der Waals surface area (Å²) in [6.07, 6.45) is -5.93. The van der Waals surface area contributed by atoms with Gasteiger partial charge in [0.2, 0.25) is 0 Å². The molecule has 0 saturated carbocycles. The van der Waals surface area contributed by atoms with E-state index in [1.54, 1.807) is 6.08 Å². The van der Waals surface area contributed by atoms with Crippen LogP contribution in [0.4, 0.5) is 22.0 Å². The van der Waals surface area contributed by atoms with E-state index in [0.29, 0.717) is 11.4 Å². The Hall–Kier alpha value is -4.04. The second kappa shape index (κ2) is 13.5. The summed E-state index contributed by atoms with van der Waals surface area (Å²) in [4.78, 5) is 38.4. The summed E-state index contributed by atoms with van der Waals surface area (Å²) in [5.74, 6) is -8.01. The Morgan fingerprint density at radius 1 is 1.19 bits per heavy atom. The van der Waals surface area contributed by atoms with Gasteiger partial charge in [-0.15, -0.1) is 6.58 Å². The average molecular weight is 616 g/mol. The van der Waals surface area contributed by atoms with Gasteiger partial charge in [-0.05, 0) is 37.1 Å². The number of carbonyl (C=O) groups is 3. The number of aliphatic hydroxyl groups excluding tert-OH is 1. The van der Waals surface area contributed by atoms with Crippen molar-refractivity contribution in [3.8, 4) is 5.75 Å². The predicted molar refractivity (Wildman–Crippen MR) is 146 cm³/mol. The highest BCUT2D eigenvalue weighted by atomic mass is 19.4. The maximum absolute atomic E-state index is 14.7. The fourth-order valence-electron chi connectivity index (χ4n) is 4.57. The van der Waals surface area contributed by atoms with Crippen molar-refractivity contribution in [2.45, 2.75) is 57.5 Å². The highest BCUT2D eigenvalue weighted by molar-refractivity contribution is 5.97. The molecule has 6 N–H and O–H groups in total. The van der Waals surface area contributed by atoms with Crippen LogP contribution in [0, 0.1) is 12.3 Å². The Labute approximate surface area is 244 Å². The van der Waals surface area contributed by atoms with E-state index in [2.05, 4.69) is 11.9 Å². The molecule has 1 heterocycles. The minimum Gasteiger partial charge on any atom is -0.508 e. The molecule has 0 spiro atoms. The summed E-state index contributed by atoms with van der Waals surface area (Å²) in [6, 6.07) is 4.11. The van der Waals surface area contributed by atoms with E-state index in [1.807, 2.05) is 0 Å². The van der Waals surface area contributed by atoms with Gasteiger partial charge in [0.25, 0.3) is 17.7 Å². The van der Waals surface area contributed by atoms with E-state index >= 15 is 0 Å². The molecule has 1 saturated heterocycles. The lowest BCUT2D eigenvalue weighted by Gasteiger charge is -2.32. The molecular formula is C29H34F5N3O6. The fraction of sp³-hybridized carbons (Fsp3) is 0.414. The number of nitrogens with two attached hydrogens (primary N) is 1. The highest BCUT2D eigenvalue weighted by Crippen LogP contribution is 2.48. The number of phenols is 1. The number of nitrogens with one attached hydrogen (secondary N) is 1. The molecule has 0 radical (unpaired) electrons. The maximum atomic E-state index is 14.7. The molecule has 2 aromatic carbocycles. The molecule has 9 nitrogen and oxygen atoms in total. The standard InChI is InChI=1S/C26H27F5N2O6.C3H7N/c1-13-16(8-5-9-18(13)34)21(36)32-17(11-14-6-4-7-15(10-14)26(29,30)31)19(35)22(37)33-12-25(27,28)24(2,3)20(33)23(38)39;1-2-3-4/h4-10,17,19-20,34-35H,11-12H2,1-3H3,(H,32,36)(H,38,39);2H,1,3-4H2/t17-,19-,20?;/m0./s1.